The van der Waals surface area contributed by atoms with E-state index < -0.39 is 77.5 Å². The van der Waals surface area contributed by atoms with E-state index in [9.17, 15) is 14.4 Å². The lowest BCUT2D eigenvalue weighted by molar-refractivity contribution is -0.136. The fourth-order valence-corrected chi connectivity index (χ4v) is 3.69. The van der Waals surface area contributed by atoms with Crippen molar-refractivity contribution in [1.29, 1.82) is 0 Å². The number of nitrogens with one attached hydrogen (secondary N) is 1. The van der Waals surface area contributed by atoms with Crippen molar-refractivity contribution >= 4 is 17.7 Å². The molecule has 6 nitrogen and oxygen atoms in total. The summed E-state index contributed by atoms with van der Waals surface area (Å²) in [7, 11) is 0. The summed E-state index contributed by atoms with van der Waals surface area (Å²) in [6, 6.07) is -0.381. The minimum Gasteiger partial charge on any atom is -0.322 e. The molecule has 28 heavy (non-hydrogen) atoms. The molecule has 0 saturated carbocycles. The van der Waals surface area contributed by atoms with Crippen molar-refractivity contribution in [3.63, 3.8) is 0 Å². The predicted octanol–water partition coefficient (Wildman–Crippen LogP) is 1.92. The number of amides is 3. The van der Waals surface area contributed by atoms with E-state index in [0.29, 0.717) is 6.07 Å². The Morgan fingerprint density at radius 3 is 2.50 bits per heavy atom. The van der Waals surface area contributed by atoms with Crippen LogP contribution < -0.4 is 5.32 Å². The molecule has 0 aliphatic carbocycles. The van der Waals surface area contributed by atoms with E-state index in [2.05, 4.69) is 5.32 Å². The number of piperidine rings is 1. The molecular weight excluding hydrogens is 368 g/mol. The molecule has 2 fully saturated rings. The van der Waals surface area contributed by atoms with E-state index in [-0.39, 0.29) is 18.4 Å². The monoisotopic (exact) mass is 395 g/mol. The lowest BCUT2D eigenvalue weighted by atomic mass is 9.85. The number of benzene rings is 1. The maximum Gasteiger partial charge on any atom is 0.258 e. The molecule has 3 aliphatic rings. The largest absolute Gasteiger partial charge is 0.322 e. The number of hydrogen-bond donors (Lipinski definition) is 1. The average Bonchev–Trinajstić information content (AvgIpc) is 2.94. The van der Waals surface area contributed by atoms with Crippen LogP contribution in [0.25, 0.3) is 0 Å². The van der Waals surface area contributed by atoms with Gasteiger partial charge >= 0.3 is 0 Å². The molecular formula is C20H23F2N3O3. The van der Waals surface area contributed by atoms with Gasteiger partial charge in [0.1, 0.15) is 17.7 Å². The van der Waals surface area contributed by atoms with Gasteiger partial charge in [0.25, 0.3) is 5.91 Å². The second-order valence-electron chi connectivity index (χ2n) is 8.21. The average molecular weight is 395 g/mol. The van der Waals surface area contributed by atoms with Crippen LogP contribution >= 0.6 is 0 Å². The van der Waals surface area contributed by atoms with E-state index in [4.69, 9.17) is 5.48 Å². The zero-order chi connectivity index (χ0) is 24.0. The molecule has 0 aromatic heterocycles. The van der Waals surface area contributed by atoms with Crippen molar-refractivity contribution in [2.45, 2.75) is 57.7 Å². The molecule has 0 radical (unpaired) electrons. The SMILES string of the molecule is [2H]C1([2H])C(c2cc(F)c3c(c2F)CN([C@H]2CCC(=O)NC2=O)C3=O)C([2H])([2H])N1C(C)(C)C. The van der Waals surface area contributed by atoms with E-state index >= 15 is 8.78 Å². The molecule has 3 heterocycles. The Morgan fingerprint density at radius 2 is 1.89 bits per heavy atom. The third-order valence-corrected chi connectivity index (χ3v) is 5.23. The first-order chi connectivity index (χ1) is 14.6. The predicted molar refractivity (Wildman–Crippen MR) is 96.5 cm³/mol. The molecule has 1 atom stereocenters. The molecule has 8 heteroatoms. The second-order valence-corrected chi connectivity index (χ2v) is 8.21. The smallest absolute Gasteiger partial charge is 0.258 e. The quantitative estimate of drug-likeness (QED) is 0.777. The highest BCUT2D eigenvalue weighted by Crippen LogP contribution is 2.39. The van der Waals surface area contributed by atoms with Gasteiger partial charge in [-0.25, -0.2) is 8.78 Å². The van der Waals surface area contributed by atoms with E-state index in [0.717, 1.165) is 9.80 Å². The topological polar surface area (TPSA) is 69.7 Å². The Kier molecular flexibility index (Phi) is 3.31. The zero-order valence-corrected chi connectivity index (χ0v) is 15.7. The highest BCUT2D eigenvalue weighted by atomic mass is 19.1. The van der Waals surface area contributed by atoms with Gasteiger partial charge in [0.05, 0.1) is 12.1 Å². The normalized spacial score (nSPS) is 29.4. The highest BCUT2D eigenvalue weighted by molar-refractivity contribution is 6.05. The number of hydrogen-bond acceptors (Lipinski definition) is 4. The maximum atomic E-state index is 15.6. The van der Waals surface area contributed by atoms with Gasteiger partial charge in [0.2, 0.25) is 11.8 Å². The van der Waals surface area contributed by atoms with Crippen molar-refractivity contribution in [2.75, 3.05) is 13.0 Å². The number of rotatable bonds is 2. The van der Waals surface area contributed by atoms with Crippen LogP contribution in [0.15, 0.2) is 6.07 Å². The van der Waals surface area contributed by atoms with Crippen LogP contribution in [0, 0.1) is 11.6 Å². The Bertz CT molecular complexity index is 1040. The van der Waals surface area contributed by atoms with Gasteiger partial charge in [-0.3, -0.25) is 24.6 Å². The van der Waals surface area contributed by atoms with Crippen molar-refractivity contribution < 1.29 is 28.6 Å². The Hall–Kier alpha value is -2.35. The third kappa shape index (κ3) is 2.90. The van der Waals surface area contributed by atoms with Crippen LogP contribution in [0.2, 0.25) is 0 Å². The Balaban J connectivity index is 1.74. The van der Waals surface area contributed by atoms with Gasteiger partial charge in [-0.2, -0.15) is 0 Å². The number of nitrogens with zero attached hydrogens (tertiary/aromatic N) is 2. The summed E-state index contributed by atoms with van der Waals surface area (Å²) < 4.78 is 64.1. The van der Waals surface area contributed by atoms with E-state index in [1.54, 1.807) is 20.8 Å². The van der Waals surface area contributed by atoms with Gasteiger partial charge in [0.15, 0.2) is 0 Å². The van der Waals surface area contributed by atoms with Gasteiger partial charge in [-0.1, -0.05) is 0 Å². The van der Waals surface area contributed by atoms with Crippen LogP contribution in [0.5, 0.6) is 0 Å². The molecule has 0 spiro atoms. The summed E-state index contributed by atoms with van der Waals surface area (Å²) >= 11 is 0. The Labute approximate surface area is 167 Å². The second kappa shape index (κ2) is 6.34. The number of likely N-dealkylation sites (tertiary alicyclic amines) is 1. The number of carbonyl (C=O) groups is 3. The van der Waals surface area contributed by atoms with Crippen molar-refractivity contribution in [3.8, 4) is 0 Å². The van der Waals surface area contributed by atoms with Crippen LogP contribution in [-0.4, -0.2) is 52.1 Å². The van der Waals surface area contributed by atoms with Gasteiger partial charge in [0, 0.05) is 41.9 Å². The summed E-state index contributed by atoms with van der Waals surface area (Å²) in [5, 5.41) is 2.11. The number of imide groups is 1. The standard InChI is InChI=1S/C20H23F2N3O3/c1-20(2,3)24-7-10(8-24)11-6-13(21)16-12(17(11)22)9-25(19(16)28)14-4-5-15(26)23-18(14)27/h6,10,14H,4-5,7-9H2,1-3H3,(H,23,26,27)/t14-/m0/s1/i7D2,8D2. The summed E-state index contributed by atoms with van der Waals surface area (Å²) in [6.45, 7) is -0.192. The van der Waals surface area contributed by atoms with E-state index in [1.165, 1.54) is 0 Å². The van der Waals surface area contributed by atoms with Crippen molar-refractivity contribution in [3.05, 3.63) is 34.4 Å². The molecule has 0 unspecified atom stereocenters. The summed E-state index contributed by atoms with van der Waals surface area (Å²) in [4.78, 5) is 38.3. The highest BCUT2D eigenvalue weighted by Gasteiger charge is 2.44. The number of carbonyl (C=O) groups excluding carboxylic acids is 3. The molecule has 0 bridgehead atoms. The first kappa shape index (κ1) is 14.6. The van der Waals surface area contributed by atoms with Crippen LogP contribution in [0.1, 0.15) is 66.5 Å². The van der Waals surface area contributed by atoms with E-state index in [1.807, 2.05) is 0 Å². The first-order valence-electron chi connectivity index (χ1n) is 11.1. The lowest BCUT2D eigenvalue weighted by Crippen LogP contribution is -2.54. The summed E-state index contributed by atoms with van der Waals surface area (Å²) in [6.07, 6.45) is 0.00658. The van der Waals surface area contributed by atoms with Gasteiger partial charge < -0.3 is 4.90 Å². The van der Waals surface area contributed by atoms with Crippen LogP contribution in [0.4, 0.5) is 8.78 Å². The number of fused-ring (bicyclic) bond motifs is 1. The molecule has 1 aromatic rings. The lowest BCUT2D eigenvalue weighted by Gasteiger charge is -2.48. The first-order valence-corrected chi connectivity index (χ1v) is 9.06. The van der Waals surface area contributed by atoms with Crippen LogP contribution in [0.3, 0.4) is 0 Å². The van der Waals surface area contributed by atoms with Crippen molar-refractivity contribution in [2.24, 2.45) is 0 Å². The zero-order valence-electron chi connectivity index (χ0n) is 19.7. The maximum absolute atomic E-state index is 15.6. The summed E-state index contributed by atoms with van der Waals surface area (Å²) in [5.74, 6) is -5.90. The third-order valence-electron chi connectivity index (χ3n) is 5.23. The Morgan fingerprint density at radius 1 is 1.21 bits per heavy atom. The van der Waals surface area contributed by atoms with Crippen molar-refractivity contribution in [1.82, 2.24) is 15.1 Å². The minimum absolute atomic E-state index is 0.0160. The number of halogens is 2. The molecule has 4 rings (SSSR count). The minimum atomic E-state index is -2.31. The molecule has 2 saturated heterocycles. The van der Waals surface area contributed by atoms with Crippen LogP contribution in [-0.2, 0) is 16.1 Å². The molecule has 3 amide bonds. The summed E-state index contributed by atoms with van der Waals surface area (Å²) in [5.41, 5.74) is -2.30. The fourth-order valence-electron chi connectivity index (χ4n) is 3.69. The molecule has 150 valence electrons. The molecule has 1 aromatic carbocycles. The fraction of sp³-hybridized carbons (Fsp3) is 0.550. The van der Waals surface area contributed by atoms with Gasteiger partial charge in [-0.05, 0) is 38.8 Å². The molecule has 1 N–H and O–H groups in total. The molecule has 3 aliphatic heterocycles. The van der Waals surface area contributed by atoms with Gasteiger partial charge in [-0.15, -0.1) is 0 Å².